The number of nitrogens with one attached hydrogen (secondary N) is 1. The first-order valence-electron chi connectivity index (χ1n) is 6.75. The fraction of sp³-hybridized carbons (Fsp3) is 0.267. The number of nitrogens with two attached hydrogens (primary N) is 1. The van der Waals surface area contributed by atoms with E-state index in [0.717, 1.165) is 22.7 Å². The number of anilines is 2. The van der Waals surface area contributed by atoms with Gasteiger partial charge in [0.25, 0.3) is 5.91 Å². The molecular formula is C15H16ClN3O3S. The topological polar surface area (TPSA) is 94.3 Å². The van der Waals surface area contributed by atoms with Gasteiger partial charge < -0.3 is 15.8 Å². The fourth-order valence-corrected chi connectivity index (χ4v) is 3.11. The highest BCUT2D eigenvalue weighted by atomic mass is 35.5. The lowest BCUT2D eigenvalue weighted by atomic mass is 10.1. The molecule has 0 fully saturated rings. The molecule has 0 unspecified atom stereocenters. The van der Waals surface area contributed by atoms with Crippen molar-refractivity contribution in [2.45, 2.75) is 20.8 Å². The molecule has 6 nitrogen and oxygen atoms in total. The standard InChI is InChI=1S/C15H16ClN3O3S/c1-7-4-8(2)13(10(16)5-7)18-11(20)6-22-15(21)12-9(3)19-23-14(12)17/h4-5H,6,17H2,1-3H3,(H,18,20). The number of nitrogen functional groups attached to an aromatic ring is 1. The van der Waals surface area contributed by atoms with Gasteiger partial charge in [0.2, 0.25) is 0 Å². The van der Waals surface area contributed by atoms with Crippen LogP contribution in [-0.2, 0) is 9.53 Å². The summed E-state index contributed by atoms with van der Waals surface area (Å²) in [6.45, 7) is 4.96. The van der Waals surface area contributed by atoms with Crippen molar-refractivity contribution in [1.29, 1.82) is 0 Å². The number of esters is 1. The highest BCUT2D eigenvalue weighted by molar-refractivity contribution is 7.10. The fourth-order valence-electron chi connectivity index (χ4n) is 2.09. The van der Waals surface area contributed by atoms with Crippen LogP contribution in [0.25, 0.3) is 0 Å². The minimum absolute atomic E-state index is 0.201. The van der Waals surface area contributed by atoms with E-state index in [1.807, 2.05) is 19.9 Å². The summed E-state index contributed by atoms with van der Waals surface area (Å²) in [5, 5.41) is 3.35. The summed E-state index contributed by atoms with van der Waals surface area (Å²) in [6.07, 6.45) is 0. The van der Waals surface area contributed by atoms with E-state index in [-0.39, 0.29) is 10.6 Å². The van der Waals surface area contributed by atoms with Crippen molar-refractivity contribution in [3.8, 4) is 0 Å². The summed E-state index contributed by atoms with van der Waals surface area (Å²) in [5.41, 5.74) is 8.68. The molecule has 122 valence electrons. The van der Waals surface area contributed by atoms with E-state index in [1.165, 1.54) is 0 Å². The molecule has 3 N–H and O–H groups in total. The maximum absolute atomic E-state index is 12.0. The third-order valence-corrected chi connectivity index (χ3v) is 4.19. The monoisotopic (exact) mass is 353 g/mol. The summed E-state index contributed by atoms with van der Waals surface area (Å²) in [7, 11) is 0. The first kappa shape index (κ1) is 17.2. The molecule has 1 aromatic carbocycles. The van der Waals surface area contributed by atoms with Gasteiger partial charge in [-0.15, -0.1) is 0 Å². The summed E-state index contributed by atoms with van der Waals surface area (Å²) < 4.78 is 8.94. The molecule has 2 rings (SSSR count). The second-order valence-corrected chi connectivity index (χ2v) is 6.28. The van der Waals surface area contributed by atoms with E-state index in [9.17, 15) is 9.59 Å². The van der Waals surface area contributed by atoms with Crippen molar-refractivity contribution in [3.05, 3.63) is 39.5 Å². The Kier molecular flexibility index (Phi) is 5.23. The van der Waals surface area contributed by atoms with Crippen LogP contribution in [0.3, 0.4) is 0 Å². The van der Waals surface area contributed by atoms with Crippen LogP contribution in [0, 0.1) is 20.8 Å². The molecule has 0 aliphatic carbocycles. The second kappa shape index (κ2) is 6.97. The van der Waals surface area contributed by atoms with Crippen molar-refractivity contribution < 1.29 is 14.3 Å². The van der Waals surface area contributed by atoms with E-state index < -0.39 is 18.5 Å². The molecule has 0 saturated heterocycles. The quantitative estimate of drug-likeness (QED) is 0.823. The predicted octanol–water partition coefficient (Wildman–Crippen LogP) is 3.10. The lowest BCUT2D eigenvalue weighted by Gasteiger charge is -2.11. The van der Waals surface area contributed by atoms with Crippen molar-refractivity contribution in [2.75, 3.05) is 17.7 Å². The van der Waals surface area contributed by atoms with Crippen LogP contribution in [0.1, 0.15) is 27.2 Å². The lowest BCUT2D eigenvalue weighted by molar-refractivity contribution is -0.119. The zero-order valence-electron chi connectivity index (χ0n) is 12.9. The van der Waals surface area contributed by atoms with Crippen LogP contribution >= 0.6 is 23.1 Å². The molecule has 0 spiro atoms. The number of rotatable bonds is 4. The SMILES string of the molecule is Cc1cc(C)c(NC(=O)COC(=O)c2c(C)nsc2N)c(Cl)c1. The number of carbonyl (C=O) groups is 2. The first-order valence-corrected chi connectivity index (χ1v) is 7.90. The second-order valence-electron chi connectivity index (χ2n) is 5.07. The molecule has 8 heteroatoms. The average Bonchev–Trinajstić information content (AvgIpc) is 2.79. The molecule has 0 radical (unpaired) electrons. The minimum atomic E-state index is -0.671. The zero-order chi connectivity index (χ0) is 17.1. The number of amides is 1. The van der Waals surface area contributed by atoms with Gasteiger partial charge >= 0.3 is 5.97 Å². The van der Waals surface area contributed by atoms with Gasteiger partial charge in [0.15, 0.2) is 6.61 Å². The first-order chi connectivity index (χ1) is 10.8. The van der Waals surface area contributed by atoms with Crippen molar-refractivity contribution in [1.82, 2.24) is 4.37 Å². The van der Waals surface area contributed by atoms with Crippen molar-refractivity contribution in [3.63, 3.8) is 0 Å². The number of benzene rings is 1. The van der Waals surface area contributed by atoms with E-state index in [2.05, 4.69) is 9.69 Å². The number of carbonyl (C=O) groups excluding carboxylic acids is 2. The number of aromatic nitrogens is 1. The van der Waals surface area contributed by atoms with Crippen LogP contribution in [0.5, 0.6) is 0 Å². The van der Waals surface area contributed by atoms with Crippen molar-refractivity contribution >= 4 is 45.7 Å². The van der Waals surface area contributed by atoms with Gasteiger partial charge in [0, 0.05) is 0 Å². The number of halogens is 1. The average molecular weight is 354 g/mol. The highest BCUT2D eigenvalue weighted by Crippen LogP contribution is 2.27. The van der Waals surface area contributed by atoms with Gasteiger partial charge in [0.1, 0.15) is 10.6 Å². The van der Waals surface area contributed by atoms with Crippen molar-refractivity contribution in [2.24, 2.45) is 0 Å². The molecule has 1 amide bonds. The van der Waals surface area contributed by atoms with Gasteiger partial charge in [-0.25, -0.2) is 4.79 Å². The van der Waals surface area contributed by atoms with Gasteiger partial charge in [-0.05, 0) is 49.5 Å². The molecule has 0 bridgehead atoms. The van der Waals surface area contributed by atoms with E-state index >= 15 is 0 Å². The molecule has 2 aromatic rings. The molecule has 23 heavy (non-hydrogen) atoms. The Hall–Kier alpha value is -2.12. The summed E-state index contributed by atoms with van der Waals surface area (Å²) in [4.78, 5) is 23.9. The number of hydrogen-bond acceptors (Lipinski definition) is 6. The third-order valence-electron chi connectivity index (χ3n) is 3.12. The highest BCUT2D eigenvalue weighted by Gasteiger charge is 2.19. The predicted molar refractivity (Wildman–Crippen MR) is 91.1 cm³/mol. The molecule has 0 aliphatic heterocycles. The van der Waals surface area contributed by atoms with Crippen LogP contribution in [0.15, 0.2) is 12.1 Å². The largest absolute Gasteiger partial charge is 0.452 e. The Morgan fingerprint density at radius 1 is 1.35 bits per heavy atom. The minimum Gasteiger partial charge on any atom is -0.452 e. The Bertz CT molecular complexity index is 731. The van der Waals surface area contributed by atoms with Gasteiger partial charge in [-0.3, -0.25) is 4.79 Å². The molecule has 0 aliphatic rings. The van der Waals surface area contributed by atoms with Crippen LogP contribution < -0.4 is 11.1 Å². The zero-order valence-corrected chi connectivity index (χ0v) is 14.5. The lowest BCUT2D eigenvalue weighted by Crippen LogP contribution is -2.22. The van der Waals surface area contributed by atoms with Gasteiger partial charge in [-0.2, -0.15) is 4.37 Å². The summed E-state index contributed by atoms with van der Waals surface area (Å²) in [5.74, 6) is -1.15. The molecular weight excluding hydrogens is 338 g/mol. The number of nitrogens with zero attached hydrogens (tertiary/aromatic N) is 1. The maximum Gasteiger partial charge on any atom is 0.343 e. The smallest absolute Gasteiger partial charge is 0.343 e. The maximum atomic E-state index is 12.0. The molecule has 0 atom stereocenters. The number of ether oxygens (including phenoxy) is 1. The van der Waals surface area contributed by atoms with Gasteiger partial charge in [0.05, 0.1) is 16.4 Å². The Balaban J connectivity index is 2.00. The third kappa shape index (κ3) is 4.00. The molecule has 0 saturated carbocycles. The molecule has 1 heterocycles. The Morgan fingerprint density at radius 2 is 2.04 bits per heavy atom. The van der Waals surface area contributed by atoms with E-state index in [1.54, 1.807) is 13.0 Å². The Morgan fingerprint density at radius 3 is 2.61 bits per heavy atom. The van der Waals surface area contributed by atoms with Crippen LogP contribution in [0.2, 0.25) is 5.02 Å². The normalized spacial score (nSPS) is 10.4. The van der Waals surface area contributed by atoms with Crippen LogP contribution in [-0.4, -0.2) is 22.9 Å². The summed E-state index contributed by atoms with van der Waals surface area (Å²) in [6, 6.07) is 3.64. The van der Waals surface area contributed by atoms with E-state index in [4.69, 9.17) is 22.1 Å². The Labute approximate surface area is 142 Å². The van der Waals surface area contributed by atoms with Crippen LogP contribution in [0.4, 0.5) is 10.7 Å². The van der Waals surface area contributed by atoms with E-state index in [0.29, 0.717) is 16.4 Å². The number of aryl methyl sites for hydroxylation is 3. The molecule has 1 aromatic heterocycles. The summed E-state index contributed by atoms with van der Waals surface area (Å²) >= 11 is 7.13. The van der Waals surface area contributed by atoms with Gasteiger partial charge in [-0.1, -0.05) is 17.7 Å². The number of hydrogen-bond donors (Lipinski definition) is 2.